The Morgan fingerprint density at radius 3 is 2.62 bits per heavy atom. The van der Waals surface area contributed by atoms with E-state index >= 15 is 0 Å². The topological polar surface area (TPSA) is 35.5 Å². The quantitative estimate of drug-likeness (QED) is 0.398. The van der Waals surface area contributed by atoms with E-state index in [2.05, 4.69) is 0 Å². The molecule has 0 N–H and O–H groups in total. The molecule has 13 heavy (non-hydrogen) atoms. The zero-order valence-corrected chi connectivity index (χ0v) is 12.2. The molecular weight excluding hydrogens is 363 g/mol. The average molecular weight is 378 g/mol. The Balaban J connectivity index is 4.28. The number of methoxy groups -OCH3 is 1. The molecule has 0 bridgehead atoms. The van der Waals surface area contributed by atoms with Crippen LogP contribution in [-0.2, 0) is 12.2 Å². The summed E-state index contributed by atoms with van der Waals surface area (Å²) < 4.78 is 10.2. The van der Waals surface area contributed by atoms with Crippen LogP contribution < -0.4 is 0 Å². The van der Waals surface area contributed by atoms with Gasteiger partial charge in [-0.3, -0.25) is 0 Å². The molecule has 3 radical (unpaired) electrons. The number of hydrogen-bond donors (Lipinski definition) is 0. The van der Waals surface area contributed by atoms with Crippen LogP contribution in [0.2, 0.25) is 0 Å². The number of rotatable bonds is 6. The standard InChI is InChI=1S/C9H16O3.Pb/c1-4-5-8(10)6-9(11)7(2)12-3;/h6-7,11H,4-5H2,1-3H3;/q;+1/p-1. The van der Waals surface area contributed by atoms with Gasteiger partial charge in [0.2, 0.25) is 0 Å². The molecule has 1 unspecified atom stereocenters. The summed E-state index contributed by atoms with van der Waals surface area (Å²) in [6.45, 7) is 3.84. The van der Waals surface area contributed by atoms with E-state index in [4.69, 9.17) is 7.42 Å². The first-order valence-corrected chi connectivity index (χ1v) is 5.85. The summed E-state index contributed by atoms with van der Waals surface area (Å²) in [5, 5.41) is 0. The van der Waals surface area contributed by atoms with E-state index in [1.165, 1.54) is 0 Å². The number of carbonyl (C=O) groups is 1. The molecule has 0 saturated carbocycles. The van der Waals surface area contributed by atoms with Crippen molar-refractivity contribution in [2.75, 3.05) is 7.11 Å². The van der Waals surface area contributed by atoms with Crippen LogP contribution in [0.5, 0.6) is 0 Å². The molecule has 0 fully saturated rings. The van der Waals surface area contributed by atoms with Crippen LogP contribution in [0.1, 0.15) is 26.7 Å². The summed E-state index contributed by atoms with van der Waals surface area (Å²) in [6, 6.07) is 0. The van der Waals surface area contributed by atoms with E-state index < -0.39 is 0 Å². The third kappa shape index (κ3) is 5.41. The van der Waals surface area contributed by atoms with Gasteiger partial charge in [0, 0.05) is 0 Å². The second-order valence-corrected chi connectivity index (χ2v) is 3.54. The predicted molar refractivity (Wildman–Crippen MR) is 51.3 cm³/mol. The Hall–Kier alpha value is 0.0921. The van der Waals surface area contributed by atoms with E-state index in [0.717, 1.165) is 6.42 Å². The molecule has 0 aliphatic rings. The van der Waals surface area contributed by atoms with Crippen molar-refractivity contribution in [1.82, 2.24) is 0 Å². The van der Waals surface area contributed by atoms with Gasteiger partial charge in [0.05, 0.1) is 0 Å². The van der Waals surface area contributed by atoms with Gasteiger partial charge < -0.3 is 0 Å². The van der Waals surface area contributed by atoms with Crippen molar-refractivity contribution in [1.29, 1.82) is 0 Å². The summed E-state index contributed by atoms with van der Waals surface area (Å²) in [5.74, 6) is 0.755. The molecule has 4 heteroatoms. The fraction of sp³-hybridized carbons (Fsp3) is 0.667. The van der Waals surface area contributed by atoms with E-state index in [1.807, 2.05) is 13.8 Å². The maximum atomic E-state index is 11.2. The normalized spacial score (nSPS) is 14.0. The molecule has 0 heterocycles. The van der Waals surface area contributed by atoms with Crippen molar-refractivity contribution < 1.29 is 12.2 Å². The summed E-state index contributed by atoms with van der Waals surface area (Å²) in [6.07, 6.45) is 2.86. The fourth-order valence-electron chi connectivity index (χ4n) is 0.823. The molecule has 73 valence electrons. The van der Waals surface area contributed by atoms with Crippen molar-refractivity contribution in [2.24, 2.45) is 0 Å². The van der Waals surface area contributed by atoms with Crippen LogP contribution in [0.15, 0.2) is 11.8 Å². The SMILES string of the molecule is CCCC(=O)C=C([O][Pb])C(C)OC. The first-order valence-electron chi connectivity index (χ1n) is 4.26. The number of hydrogen-bond acceptors (Lipinski definition) is 3. The minimum atomic E-state index is -0.127. The van der Waals surface area contributed by atoms with Crippen LogP contribution in [0.25, 0.3) is 0 Å². The monoisotopic (exact) mass is 379 g/mol. The van der Waals surface area contributed by atoms with Crippen LogP contribution in [0.3, 0.4) is 0 Å². The molecule has 0 spiro atoms. The van der Waals surface area contributed by atoms with E-state index in [0.29, 0.717) is 38.4 Å². The fourth-order valence-corrected chi connectivity index (χ4v) is 1.70. The van der Waals surface area contributed by atoms with E-state index in [9.17, 15) is 4.79 Å². The van der Waals surface area contributed by atoms with Crippen LogP contribution in [0.4, 0.5) is 0 Å². The zero-order valence-electron chi connectivity index (χ0n) is 8.29. The van der Waals surface area contributed by atoms with Gasteiger partial charge in [0.1, 0.15) is 0 Å². The van der Waals surface area contributed by atoms with Crippen LogP contribution in [-0.4, -0.2) is 45.2 Å². The Morgan fingerprint density at radius 1 is 1.62 bits per heavy atom. The molecule has 0 aliphatic heterocycles. The molecule has 0 amide bonds. The summed E-state index contributed by atoms with van der Waals surface area (Å²) in [7, 11) is 1.60. The van der Waals surface area contributed by atoms with Gasteiger partial charge in [0.25, 0.3) is 0 Å². The molecule has 0 aromatic rings. The third-order valence-corrected chi connectivity index (χ3v) is 2.59. The summed E-state index contributed by atoms with van der Waals surface area (Å²) >= 11 is 0.584. The van der Waals surface area contributed by atoms with Gasteiger partial charge in [-0.2, -0.15) is 0 Å². The van der Waals surface area contributed by atoms with E-state index in [1.54, 1.807) is 13.2 Å². The van der Waals surface area contributed by atoms with Crippen molar-refractivity contribution in [3.8, 4) is 0 Å². The number of ether oxygens (including phenoxy) is 1. The van der Waals surface area contributed by atoms with Gasteiger partial charge in [-0.1, -0.05) is 0 Å². The molecule has 0 rings (SSSR count). The van der Waals surface area contributed by atoms with Gasteiger partial charge in [0.15, 0.2) is 0 Å². The first kappa shape index (κ1) is 13.1. The molecule has 0 aromatic carbocycles. The average Bonchev–Trinajstić information content (AvgIpc) is 2.13. The van der Waals surface area contributed by atoms with Crippen molar-refractivity contribution in [2.45, 2.75) is 32.8 Å². The van der Waals surface area contributed by atoms with Crippen molar-refractivity contribution in [3.05, 3.63) is 11.8 Å². The molecule has 0 saturated heterocycles. The Bertz CT molecular complexity index is 189. The van der Waals surface area contributed by atoms with Crippen molar-refractivity contribution >= 4 is 32.0 Å². The second-order valence-electron chi connectivity index (χ2n) is 2.74. The molecule has 0 aromatic heterocycles. The Morgan fingerprint density at radius 2 is 2.23 bits per heavy atom. The summed E-state index contributed by atoms with van der Waals surface area (Å²) in [5.41, 5.74) is 0. The molecule has 1 atom stereocenters. The Labute approximate surface area is 95.8 Å². The summed E-state index contributed by atoms with van der Waals surface area (Å²) in [4.78, 5) is 11.2. The molecular formula is C9H15O3Pb. The minimum absolute atomic E-state index is 0.109. The second kappa shape index (κ2) is 7.49. The predicted octanol–water partition coefficient (Wildman–Crippen LogP) is 1.37. The molecule has 0 aliphatic carbocycles. The van der Waals surface area contributed by atoms with Gasteiger partial charge >= 0.3 is 96.0 Å². The van der Waals surface area contributed by atoms with Crippen LogP contribution >= 0.6 is 0 Å². The van der Waals surface area contributed by atoms with E-state index in [-0.39, 0.29) is 11.9 Å². The van der Waals surface area contributed by atoms with Crippen LogP contribution in [0, 0.1) is 0 Å². The van der Waals surface area contributed by atoms with Gasteiger partial charge in [-0.05, 0) is 0 Å². The van der Waals surface area contributed by atoms with Crippen molar-refractivity contribution in [3.63, 3.8) is 0 Å². The molecule has 3 nitrogen and oxygen atoms in total. The third-order valence-electron chi connectivity index (χ3n) is 1.67. The van der Waals surface area contributed by atoms with Gasteiger partial charge in [-0.15, -0.1) is 0 Å². The number of ketones is 1. The maximum absolute atomic E-state index is 11.2. The Kier molecular flexibility index (Phi) is 7.54. The first-order chi connectivity index (χ1) is 6.15. The number of carbonyl (C=O) groups excluding carboxylic acids is 1. The zero-order chi connectivity index (χ0) is 10.3. The number of allylic oxidation sites excluding steroid dienone is 1. The van der Waals surface area contributed by atoms with Gasteiger partial charge in [-0.25, -0.2) is 0 Å².